The molecule has 0 radical (unpaired) electrons. The van der Waals surface area contributed by atoms with Gasteiger partial charge in [0.05, 0.1) is 22.0 Å². The minimum absolute atomic E-state index is 0.0262. The van der Waals surface area contributed by atoms with E-state index in [9.17, 15) is 9.18 Å². The Morgan fingerprint density at radius 2 is 2.10 bits per heavy atom. The molecule has 7 nitrogen and oxygen atoms in total. The molecule has 1 aromatic carbocycles. The van der Waals surface area contributed by atoms with Crippen LogP contribution >= 0.6 is 11.6 Å². The number of rotatable bonds is 5. The molecule has 4 heterocycles. The lowest BCUT2D eigenvalue weighted by molar-refractivity contribution is 0.0610. The number of fused-ring (bicyclic) bond motifs is 2. The molecule has 3 aromatic rings. The van der Waals surface area contributed by atoms with Crippen LogP contribution in [0, 0.1) is 12.7 Å². The van der Waals surface area contributed by atoms with Crippen LogP contribution in [0.15, 0.2) is 42.5 Å². The normalized spacial score (nSPS) is 20.4. The molecule has 1 amide bonds. The predicted octanol–water partition coefficient (Wildman–Crippen LogP) is 3.75. The molecule has 0 aliphatic carbocycles. The van der Waals surface area contributed by atoms with Crippen molar-refractivity contribution in [2.45, 2.75) is 32.0 Å². The number of H-pyrrole nitrogens is 1. The highest BCUT2D eigenvalue weighted by Gasteiger charge is 2.45. The van der Waals surface area contributed by atoms with Gasteiger partial charge in [-0.1, -0.05) is 23.7 Å². The molecule has 2 fully saturated rings. The van der Waals surface area contributed by atoms with Gasteiger partial charge >= 0.3 is 0 Å². The van der Waals surface area contributed by atoms with Gasteiger partial charge in [0.1, 0.15) is 11.6 Å². The van der Waals surface area contributed by atoms with Gasteiger partial charge in [0.2, 0.25) is 0 Å². The highest BCUT2D eigenvalue weighted by Crippen LogP contribution is 2.33. The molecule has 2 bridgehead atoms. The number of pyridine rings is 1. The number of halogens is 2. The molecule has 0 unspecified atom stereocenters. The number of amides is 1. The predicted molar refractivity (Wildman–Crippen MR) is 116 cm³/mol. The summed E-state index contributed by atoms with van der Waals surface area (Å²) in [6.07, 6.45) is 0.888. The number of benzene rings is 1. The molecule has 2 aliphatic rings. The van der Waals surface area contributed by atoms with Crippen molar-refractivity contribution in [3.63, 3.8) is 0 Å². The molecule has 0 spiro atoms. The average molecular weight is 441 g/mol. The summed E-state index contributed by atoms with van der Waals surface area (Å²) < 4.78 is 14.3. The second kappa shape index (κ2) is 7.94. The van der Waals surface area contributed by atoms with E-state index < -0.39 is 5.82 Å². The van der Waals surface area contributed by atoms with Gasteiger partial charge in [-0.2, -0.15) is 5.10 Å². The number of carbonyl (C=O) groups is 1. The number of aromatic nitrogens is 3. The Labute approximate surface area is 184 Å². The molecule has 5 rings (SSSR count). The van der Waals surface area contributed by atoms with E-state index in [4.69, 9.17) is 16.6 Å². The summed E-state index contributed by atoms with van der Waals surface area (Å²) in [7, 11) is 0. The third-order valence-corrected chi connectivity index (χ3v) is 6.23. The van der Waals surface area contributed by atoms with Crippen molar-refractivity contribution in [2.75, 3.05) is 18.4 Å². The zero-order valence-electron chi connectivity index (χ0n) is 17.0. The Morgan fingerprint density at radius 3 is 2.84 bits per heavy atom. The minimum Gasteiger partial charge on any atom is -0.333 e. The van der Waals surface area contributed by atoms with Gasteiger partial charge in [0, 0.05) is 37.8 Å². The summed E-state index contributed by atoms with van der Waals surface area (Å²) in [5.41, 5.74) is 1.90. The number of anilines is 2. The van der Waals surface area contributed by atoms with Crippen molar-refractivity contribution in [2.24, 2.45) is 0 Å². The molecule has 2 aromatic heterocycles. The molecule has 0 saturated carbocycles. The SMILES string of the molecule is Cc1cc(Nc2cccc(CN3C[C@@H]4C[C@H]3CN4C(=O)c3cccc(Cl)c3F)n2)[nH]n1. The molecule has 9 heteroatoms. The summed E-state index contributed by atoms with van der Waals surface area (Å²) >= 11 is 5.85. The van der Waals surface area contributed by atoms with E-state index in [1.54, 1.807) is 11.0 Å². The summed E-state index contributed by atoms with van der Waals surface area (Å²) in [5.74, 6) is 0.615. The number of likely N-dealkylation sites (tertiary alicyclic amines) is 2. The number of nitrogens with zero attached hydrogens (tertiary/aromatic N) is 4. The molecule has 2 saturated heterocycles. The first kappa shape index (κ1) is 20.0. The summed E-state index contributed by atoms with van der Waals surface area (Å²) in [5, 5.41) is 10.2. The second-order valence-electron chi connectivity index (χ2n) is 8.09. The van der Waals surface area contributed by atoms with Gasteiger partial charge in [-0.3, -0.25) is 14.8 Å². The standard InChI is InChI=1S/C22H22ClFN6O/c1-13-8-20(28-27-13)26-19-7-2-4-14(25-19)10-29-11-16-9-15(29)12-30(16)22(31)17-5-3-6-18(23)21(17)24/h2-8,15-16H,9-12H2,1H3,(H2,25,26,27,28)/t15-,16-/m0/s1. The second-order valence-corrected chi connectivity index (χ2v) is 8.50. The van der Waals surface area contributed by atoms with Crippen LogP contribution in [0.5, 0.6) is 0 Å². The van der Waals surface area contributed by atoms with Crippen LogP contribution in [0.3, 0.4) is 0 Å². The highest BCUT2D eigenvalue weighted by atomic mass is 35.5. The van der Waals surface area contributed by atoms with E-state index in [2.05, 4.69) is 20.4 Å². The first-order valence-corrected chi connectivity index (χ1v) is 10.6. The maximum Gasteiger partial charge on any atom is 0.257 e. The van der Waals surface area contributed by atoms with Gasteiger partial charge in [-0.15, -0.1) is 0 Å². The van der Waals surface area contributed by atoms with Crippen LogP contribution in [-0.4, -0.2) is 56.1 Å². The van der Waals surface area contributed by atoms with Gasteiger partial charge in [-0.05, 0) is 37.6 Å². The Bertz CT molecular complexity index is 1130. The Kier molecular flexibility index (Phi) is 5.11. The lowest BCUT2D eigenvalue weighted by atomic mass is 10.1. The molecule has 2 atom stereocenters. The van der Waals surface area contributed by atoms with Crippen molar-refractivity contribution in [3.8, 4) is 0 Å². The zero-order valence-corrected chi connectivity index (χ0v) is 17.7. The summed E-state index contributed by atoms with van der Waals surface area (Å²) in [6.45, 7) is 3.95. The van der Waals surface area contributed by atoms with Crippen LogP contribution in [0.25, 0.3) is 0 Å². The van der Waals surface area contributed by atoms with Crippen LogP contribution in [-0.2, 0) is 6.54 Å². The van der Waals surface area contributed by atoms with E-state index in [1.807, 2.05) is 31.2 Å². The molecule has 160 valence electrons. The fraction of sp³-hybridized carbons (Fsp3) is 0.318. The Morgan fingerprint density at radius 1 is 1.26 bits per heavy atom. The number of aryl methyl sites for hydroxylation is 1. The molecular formula is C22H22ClFN6O. The number of nitrogens with one attached hydrogen (secondary N) is 2. The number of carbonyl (C=O) groups excluding carboxylic acids is 1. The summed E-state index contributed by atoms with van der Waals surface area (Å²) in [6, 6.07) is 12.7. The third-order valence-electron chi connectivity index (χ3n) is 5.94. The molecule has 2 N–H and O–H groups in total. The minimum atomic E-state index is -0.644. The van der Waals surface area contributed by atoms with Gasteiger partial charge < -0.3 is 10.2 Å². The quantitative estimate of drug-likeness (QED) is 0.632. The highest BCUT2D eigenvalue weighted by molar-refractivity contribution is 6.31. The number of aromatic amines is 1. The molecule has 31 heavy (non-hydrogen) atoms. The van der Waals surface area contributed by atoms with Crippen molar-refractivity contribution in [3.05, 3.63) is 70.3 Å². The maximum absolute atomic E-state index is 14.3. The van der Waals surface area contributed by atoms with E-state index in [-0.39, 0.29) is 28.6 Å². The topological polar surface area (TPSA) is 77.1 Å². The lowest BCUT2D eigenvalue weighted by Gasteiger charge is -2.34. The van der Waals surface area contributed by atoms with E-state index in [0.29, 0.717) is 13.1 Å². The fourth-order valence-corrected chi connectivity index (χ4v) is 4.66. The maximum atomic E-state index is 14.3. The van der Waals surface area contributed by atoms with Crippen molar-refractivity contribution in [1.29, 1.82) is 0 Å². The lowest BCUT2D eigenvalue weighted by Crippen LogP contribution is -2.48. The van der Waals surface area contributed by atoms with Crippen molar-refractivity contribution < 1.29 is 9.18 Å². The smallest absolute Gasteiger partial charge is 0.257 e. The third kappa shape index (κ3) is 3.88. The average Bonchev–Trinajstić information content (AvgIpc) is 3.46. The van der Waals surface area contributed by atoms with Crippen LogP contribution in [0.4, 0.5) is 16.0 Å². The van der Waals surface area contributed by atoms with E-state index in [0.717, 1.165) is 36.0 Å². The van der Waals surface area contributed by atoms with Crippen molar-refractivity contribution in [1.82, 2.24) is 25.0 Å². The Hall–Kier alpha value is -2.97. The number of piperazine rings is 1. The van der Waals surface area contributed by atoms with E-state index in [1.165, 1.54) is 12.1 Å². The monoisotopic (exact) mass is 440 g/mol. The van der Waals surface area contributed by atoms with Crippen LogP contribution < -0.4 is 5.32 Å². The zero-order chi connectivity index (χ0) is 21.5. The fourth-order valence-electron chi connectivity index (χ4n) is 4.48. The van der Waals surface area contributed by atoms with Gasteiger partial charge in [0.25, 0.3) is 5.91 Å². The number of hydrogen-bond acceptors (Lipinski definition) is 5. The molecule has 2 aliphatic heterocycles. The Balaban J connectivity index is 1.24. The van der Waals surface area contributed by atoms with Crippen molar-refractivity contribution >= 4 is 29.1 Å². The van der Waals surface area contributed by atoms with Gasteiger partial charge in [-0.25, -0.2) is 9.37 Å². The number of hydrogen-bond donors (Lipinski definition) is 2. The van der Waals surface area contributed by atoms with Crippen LogP contribution in [0.2, 0.25) is 5.02 Å². The van der Waals surface area contributed by atoms with E-state index >= 15 is 0 Å². The first-order chi connectivity index (χ1) is 15.0. The van der Waals surface area contributed by atoms with Gasteiger partial charge in [0.15, 0.2) is 5.82 Å². The summed E-state index contributed by atoms with van der Waals surface area (Å²) in [4.78, 5) is 21.7. The van der Waals surface area contributed by atoms with Crippen LogP contribution in [0.1, 0.15) is 28.2 Å². The molecular weight excluding hydrogens is 419 g/mol. The first-order valence-electron chi connectivity index (χ1n) is 10.2. The largest absolute Gasteiger partial charge is 0.333 e.